The van der Waals surface area contributed by atoms with Crippen molar-refractivity contribution in [1.82, 2.24) is 4.90 Å². The van der Waals surface area contributed by atoms with Crippen LogP contribution in [0.15, 0.2) is 42.5 Å². The van der Waals surface area contributed by atoms with Crippen molar-refractivity contribution in [2.24, 2.45) is 0 Å². The number of fused-ring (bicyclic) bond motifs is 1. The van der Waals surface area contributed by atoms with Gasteiger partial charge in [-0.2, -0.15) is 0 Å². The van der Waals surface area contributed by atoms with E-state index in [-0.39, 0.29) is 35.4 Å². The monoisotopic (exact) mass is 398 g/mol. The number of β-amino-alcohol motifs (C(OH)–C–C–N with tert-alkyl or cyclic N) is 1. The Labute approximate surface area is 167 Å². The topological polar surface area (TPSA) is 110 Å². The Morgan fingerprint density at radius 1 is 1.07 bits per heavy atom. The number of imide groups is 1. The molecule has 2 aromatic rings. The van der Waals surface area contributed by atoms with Crippen LogP contribution < -0.4 is 4.74 Å². The van der Waals surface area contributed by atoms with Crippen LogP contribution >= 0.6 is 0 Å². The van der Waals surface area contributed by atoms with Gasteiger partial charge in [-0.25, -0.2) is 0 Å². The first kappa shape index (κ1) is 20.5. The second-order valence-electron chi connectivity index (χ2n) is 7.95. The summed E-state index contributed by atoms with van der Waals surface area (Å²) >= 11 is 0. The van der Waals surface area contributed by atoms with Gasteiger partial charge in [-0.05, 0) is 29.2 Å². The number of amides is 2. The van der Waals surface area contributed by atoms with E-state index in [1.807, 2.05) is 12.1 Å². The van der Waals surface area contributed by atoms with E-state index in [4.69, 9.17) is 4.74 Å². The third kappa shape index (κ3) is 4.27. The van der Waals surface area contributed by atoms with Crippen molar-refractivity contribution >= 4 is 17.5 Å². The van der Waals surface area contributed by atoms with E-state index in [0.29, 0.717) is 5.75 Å². The number of nitro benzene ring substituents is 1. The number of aliphatic hydroxyl groups is 1. The Hall–Kier alpha value is -3.26. The van der Waals surface area contributed by atoms with Gasteiger partial charge in [0.25, 0.3) is 17.5 Å². The molecule has 0 saturated carbocycles. The van der Waals surface area contributed by atoms with Crippen molar-refractivity contribution in [1.29, 1.82) is 0 Å². The van der Waals surface area contributed by atoms with Gasteiger partial charge in [0.05, 0.1) is 22.6 Å². The van der Waals surface area contributed by atoms with Gasteiger partial charge in [0.2, 0.25) is 0 Å². The van der Waals surface area contributed by atoms with Crippen LogP contribution in [-0.4, -0.2) is 46.0 Å². The highest BCUT2D eigenvalue weighted by atomic mass is 16.6. The Bertz CT molecular complexity index is 962. The molecule has 0 radical (unpaired) electrons. The van der Waals surface area contributed by atoms with E-state index < -0.39 is 22.8 Å². The highest BCUT2D eigenvalue weighted by Crippen LogP contribution is 2.27. The molecule has 29 heavy (non-hydrogen) atoms. The number of rotatable bonds is 6. The van der Waals surface area contributed by atoms with Gasteiger partial charge in [0, 0.05) is 12.1 Å². The molecule has 152 valence electrons. The highest BCUT2D eigenvalue weighted by molar-refractivity contribution is 6.21. The molecule has 0 unspecified atom stereocenters. The van der Waals surface area contributed by atoms with Gasteiger partial charge in [-0.3, -0.25) is 24.6 Å². The standard InChI is InChI=1S/C21H22N2O6/c1-21(2,3)13-4-7-16(8-5-13)29-12-15(24)11-22-19(25)17-9-6-14(23(27)28)10-18(17)20(22)26/h4-10,15,24H,11-12H2,1-3H3/t15-/m1/s1. The molecule has 0 aliphatic carbocycles. The lowest BCUT2D eigenvalue weighted by Gasteiger charge is -2.20. The normalized spacial score (nSPS) is 14.7. The second kappa shape index (κ2) is 7.63. The zero-order chi connectivity index (χ0) is 21.3. The van der Waals surface area contributed by atoms with E-state index in [1.54, 1.807) is 12.1 Å². The summed E-state index contributed by atoms with van der Waals surface area (Å²) in [6, 6.07) is 11.0. The number of benzene rings is 2. The largest absolute Gasteiger partial charge is 0.491 e. The fourth-order valence-electron chi connectivity index (χ4n) is 3.07. The van der Waals surface area contributed by atoms with Crippen LogP contribution in [-0.2, 0) is 5.41 Å². The predicted octanol–water partition coefficient (Wildman–Crippen LogP) is 2.93. The highest BCUT2D eigenvalue weighted by Gasteiger charge is 2.37. The molecular formula is C21H22N2O6. The minimum atomic E-state index is -1.10. The SMILES string of the molecule is CC(C)(C)c1ccc(OC[C@H](O)CN2C(=O)c3ccc([N+](=O)[O-])cc3C2=O)cc1. The minimum Gasteiger partial charge on any atom is -0.491 e. The first-order valence-corrected chi connectivity index (χ1v) is 9.14. The van der Waals surface area contributed by atoms with Gasteiger partial charge in [0.15, 0.2) is 0 Å². The number of aliphatic hydroxyl groups excluding tert-OH is 1. The van der Waals surface area contributed by atoms with Gasteiger partial charge in [-0.1, -0.05) is 32.9 Å². The van der Waals surface area contributed by atoms with Crippen molar-refractivity contribution < 1.29 is 24.4 Å². The third-order valence-corrected chi connectivity index (χ3v) is 4.72. The molecule has 8 heteroatoms. The molecule has 8 nitrogen and oxygen atoms in total. The van der Waals surface area contributed by atoms with Crippen LogP contribution in [0.2, 0.25) is 0 Å². The summed E-state index contributed by atoms with van der Waals surface area (Å²) in [5.74, 6) is -0.689. The van der Waals surface area contributed by atoms with Crippen molar-refractivity contribution in [3.05, 3.63) is 69.3 Å². The van der Waals surface area contributed by atoms with Crippen molar-refractivity contribution in [3.63, 3.8) is 0 Å². The summed E-state index contributed by atoms with van der Waals surface area (Å²) in [4.78, 5) is 36.0. The maximum absolute atomic E-state index is 12.5. The Morgan fingerprint density at radius 2 is 1.69 bits per heavy atom. The lowest BCUT2D eigenvalue weighted by Crippen LogP contribution is -2.39. The lowest BCUT2D eigenvalue weighted by molar-refractivity contribution is -0.384. The predicted molar refractivity (Wildman–Crippen MR) is 105 cm³/mol. The van der Waals surface area contributed by atoms with E-state index in [9.17, 15) is 24.8 Å². The summed E-state index contributed by atoms with van der Waals surface area (Å²) in [6.45, 7) is 5.93. The zero-order valence-electron chi connectivity index (χ0n) is 16.4. The van der Waals surface area contributed by atoms with Crippen LogP contribution in [0.3, 0.4) is 0 Å². The quantitative estimate of drug-likeness (QED) is 0.455. The van der Waals surface area contributed by atoms with E-state index in [1.165, 1.54) is 12.1 Å². The molecule has 0 bridgehead atoms. The zero-order valence-corrected chi connectivity index (χ0v) is 16.4. The molecule has 0 fully saturated rings. The molecule has 1 N–H and O–H groups in total. The fourth-order valence-corrected chi connectivity index (χ4v) is 3.07. The van der Waals surface area contributed by atoms with Crippen molar-refractivity contribution in [2.45, 2.75) is 32.3 Å². The number of carbonyl (C=O) groups excluding carboxylic acids is 2. The first-order chi connectivity index (χ1) is 13.6. The smallest absolute Gasteiger partial charge is 0.270 e. The number of ether oxygens (including phenoxy) is 1. The summed E-state index contributed by atoms with van der Waals surface area (Å²) in [7, 11) is 0. The number of nitro groups is 1. The van der Waals surface area contributed by atoms with Crippen LogP contribution in [0.5, 0.6) is 5.75 Å². The Balaban J connectivity index is 1.62. The average molecular weight is 398 g/mol. The fraction of sp³-hybridized carbons (Fsp3) is 0.333. The molecule has 2 aromatic carbocycles. The maximum atomic E-state index is 12.5. The van der Waals surface area contributed by atoms with Crippen LogP contribution in [0, 0.1) is 10.1 Å². The summed E-state index contributed by atoms with van der Waals surface area (Å²) in [5.41, 5.74) is 0.944. The van der Waals surface area contributed by atoms with Gasteiger partial charge in [-0.15, -0.1) is 0 Å². The molecular weight excluding hydrogens is 376 g/mol. The Kier molecular flexibility index (Phi) is 5.39. The number of nitrogens with zero attached hydrogens (tertiary/aromatic N) is 2. The average Bonchev–Trinajstić information content (AvgIpc) is 2.90. The molecule has 0 aromatic heterocycles. The summed E-state index contributed by atoms with van der Waals surface area (Å²) < 4.78 is 5.56. The van der Waals surface area contributed by atoms with E-state index in [0.717, 1.165) is 16.5 Å². The number of non-ortho nitro benzene ring substituents is 1. The van der Waals surface area contributed by atoms with E-state index >= 15 is 0 Å². The third-order valence-electron chi connectivity index (χ3n) is 4.72. The first-order valence-electron chi connectivity index (χ1n) is 9.14. The molecule has 2 amide bonds. The molecule has 1 aliphatic heterocycles. The molecule has 0 saturated heterocycles. The van der Waals surface area contributed by atoms with Gasteiger partial charge < -0.3 is 9.84 Å². The molecule has 1 aliphatic rings. The molecule has 1 heterocycles. The second-order valence-corrected chi connectivity index (χ2v) is 7.95. The minimum absolute atomic E-state index is 0.0125. The van der Waals surface area contributed by atoms with Crippen LogP contribution in [0.1, 0.15) is 47.1 Å². The van der Waals surface area contributed by atoms with E-state index in [2.05, 4.69) is 20.8 Å². The van der Waals surface area contributed by atoms with Crippen molar-refractivity contribution in [2.75, 3.05) is 13.2 Å². The lowest BCUT2D eigenvalue weighted by atomic mass is 9.87. The number of carbonyl (C=O) groups is 2. The maximum Gasteiger partial charge on any atom is 0.270 e. The van der Waals surface area contributed by atoms with Gasteiger partial charge >= 0.3 is 0 Å². The summed E-state index contributed by atoms with van der Waals surface area (Å²) in [6.07, 6.45) is -1.10. The molecule has 1 atom stereocenters. The van der Waals surface area contributed by atoms with Crippen molar-refractivity contribution in [3.8, 4) is 5.75 Å². The number of hydrogen-bond donors (Lipinski definition) is 1. The Morgan fingerprint density at radius 3 is 2.28 bits per heavy atom. The number of hydrogen-bond acceptors (Lipinski definition) is 6. The van der Waals surface area contributed by atoms with Crippen LogP contribution in [0.4, 0.5) is 5.69 Å². The summed E-state index contributed by atoms with van der Waals surface area (Å²) in [5, 5.41) is 21.1. The molecule has 3 rings (SSSR count). The van der Waals surface area contributed by atoms with Crippen LogP contribution in [0.25, 0.3) is 0 Å². The molecule has 0 spiro atoms. The van der Waals surface area contributed by atoms with Gasteiger partial charge in [0.1, 0.15) is 18.5 Å².